The number of piperazine rings is 1. The lowest BCUT2D eigenvalue weighted by atomic mass is 10.0. The average molecular weight is 405 g/mol. The van der Waals surface area contributed by atoms with Crippen molar-refractivity contribution in [2.24, 2.45) is 5.92 Å². The maximum Gasteiger partial charge on any atom is 0.407 e. The number of amides is 3. The van der Waals surface area contributed by atoms with E-state index in [1.807, 2.05) is 38.1 Å². The first kappa shape index (κ1) is 22.5. The molecular weight excluding hydrogens is 374 g/mol. The molecule has 0 bridgehead atoms. The van der Waals surface area contributed by atoms with Gasteiger partial charge in [0.15, 0.2) is 0 Å². The number of rotatable bonds is 7. The van der Waals surface area contributed by atoms with Gasteiger partial charge in [0.1, 0.15) is 11.8 Å². The molecule has 1 unspecified atom stereocenters. The van der Waals surface area contributed by atoms with Crippen LogP contribution in [0.5, 0.6) is 5.75 Å². The fourth-order valence-electron chi connectivity index (χ4n) is 3.26. The largest absolute Gasteiger partial charge is 0.497 e. The van der Waals surface area contributed by atoms with Gasteiger partial charge in [0.05, 0.1) is 20.1 Å². The maximum atomic E-state index is 12.9. The van der Waals surface area contributed by atoms with Gasteiger partial charge >= 0.3 is 6.09 Å². The normalized spacial score (nSPS) is 15.1. The third-order valence-electron chi connectivity index (χ3n) is 4.92. The molecule has 1 saturated heterocycles. The highest BCUT2D eigenvalue weighted by molar-refractivity contribution is 5.86. The minimum atomic E-state index is -0.645. The minimum absolute atomic E-state index is 0.0235. The van der Waals surface area contributed by atoms with E-state index in [9.17, 15) is 14.4 Å². The van der Waals surface area contributed by atoms with Gasteiger partial charge in [-0.2, -0.15) is 0 Å². The Bertz CT molecular complexity index is 714. The Balaban J connectivity index is 1.90. The summed E-state index contributed by atoms with van der Waals surface area (Å²) >= 11 is 0. The maximum absolute atomic E-state index is 12.9. The lowest BCUT2D eigenvalue weighted by molar-refractivity contribution is -0.141. The van der Waals surface area contributed by atoms with Crippen LogP contribution in [0.2, 0.25) is 0 Å². The number of ether oxygens (including phenoxy) is 2. The fraction of sp³-hybridized carbons (Fsp3) is 0.571. The molecule has 8 heteroatoms. The highest BCUT2D eigenvalue weighted by atomic mass is 16.5. The van der Waals surface area contributed by atoms with Crippen LogP contribution >= 0.6 is 0 Å². The van der Waals surface area contributed by atoms with E-state index < -0.39 is 12.1 Å². The van der Waals surface area contributed by atoms with Crippen LogP contribution in [0.15, 0.2) is 24.3 Å². The quantitative estimate of drug-likeness (QED) is 0.746. The second-order valence-electron chi connectivity index (χ2n) is 7.32. The molecule has 1 aliphatic rings. The van der Waals surface area contributed by atoms with Crippen molar-refractivity contribution in [3.8, 4) is 5.75 Å². The SMILES string of the molecule is CCOC(=O)NC(C(=O)N1CCN(C(=O)Cc2cccc(OC)c2)CC1)C(C)C. The molecule has 2 rings (SSSR count). The van der Waals surface area contributed by atoms with E-state index >= 15 is 0 Å². The van der Waals surface area contributed by atoms with Crippen molar-refractivity contribution in [2.75, 3.05) is 39.9 Å². The highest BCUT2D eigenvalue weighted by Crippen LogP contribution is 2.15. The molecule has 1 aromatic carbocycles. The average Bonchev–Trinajstić information content (AvgIpc) is 2.71. The van der Waals surface area contributed by atoms with Crippen LogP contribution in [0, 0.1) is 5.92 Å². The van der Waals surface area contributed by atoms with Crippen molar-refractivity contribution in [3.63, 3.8) is 0 Å². The zero-order chi connectivity index (χ0) is 21.4. The Morgan fingerprint density at radius 2 is 1.76 bits per heavy atom. The summed E-state index contributed by atoms with van der Waals surface area (Å²) in [4.78, 5) is 40.7. The first-order chi connectivity index (χ1) is 13.8. The van der Waals surface area contributed by atoms with Crippen LogP contribution in [0.4, 0.5) is 4.79 Å². The Morgan fingerprint density at radius 1 is 1.10 bits per heavy atom. The van der Waals surface area contributed by atoms with Crippen molar-refractivity contribution in [1.29, 1.82) is 0 Å². The van der Waals surface area contributed by atoms with Crippen molar-refractivity contribution >= 4 is 17.9 Å². The summed E-state index contributed by atoms with van der Waals surface area (Å²) in [5.41, 5.74) is 0.895. The molecule has 1 aromatic rings. The van der Waals surface area contributed by atoms with Gasteiger partial charge in [0.25, 0.3) is 0 Å². The van der Waals surface area contributed by atoms with Crippen LogP contribution in [0.1, 0.15) is 26.3 Å². The van der Waals surface area contributed by atoms with E-state index in [0.717, 1.165) is 11.3 Å². The van der Waals surface area contributed by atoms with Gasteiger partial charge < -0.3 is 24.6 Å². The number of nitrogens with one attached hydrogen (secondary N) is 1. The Labute approximate surface area is 172 Å². The first-order valence-electron chi connectivity index (χ1n) is 9.98. The summed E-state index contributed by atoms with van der Waals surface area (Å²) in [6, 6.07) is 6.81. The van der Waals surface area contributed by atoms with E-state index in [0.29, 0.717) is 32.6 Å². The van der Waals surface area contributed by atoms with E-state index in [2.05, 4.69) is 5.32 Å². The zero-order valence-electron chi connectivity index (χ0n) is 17.6. The monoisotopic (exact) mass is 405 g/mol. The molecule has 0 radical (unpaired) electrons. The second kappa shape index (κ2) is 10.7. The molecule has 1 fully saturated rings. The number of benzene rings is 1. The van der Waals surface area contributed by atoms with Crippen LogP contribution in [-0.2, 0) is 20.7 Å². The van der Waals surface area contributed by atoms with Crippen LogP contribution in [0.3, 0.4) is 0 Å². The van der Waals surface area contributed by atoms with E-state index in [1.165, 1.54) is 0 Å². The number of alkyl carbamates (subject to hydrolysis) is 1. The Morgan fingerprint density at radius 3 is 2.34 bits per heavy atom. The molecule has 0 aromatic heterocycles. The minimum Gasteiger partial charge on any atom is -0.497 e. The number of methoxy groups -OCH3 is 1. The molecule has 1 N–H and O–H groups in total. The highest BCUT2D eigenvalue weighted by Gasteiger charge is 2.32. The van der Waals surface area contributed by atoms with Gasteiger partial charge in [0, 0.05) is 26.2 Å². The number of hydrogen-bond acceptors (Lipinski definition) is 5. The fourth-order valence-corrected chi connectivity index (χ4v) is 3.26. The number of nitrogens with zero attached hydrogens (tertiary/aromatic N) is 2. The molecule has 1 heterocycles. The van der Waals surface area contributed by atoms with Crippen LogP contribution in [0.25, 0.3) is 0 Å². The third-order valence-corrected chi connectivity index (χ3v) is 4.92. The molecule has 3 amide bonds. The van der Waals surface area contributed by atoms with Crippen molar-refractivity contribution in [2.45, 2.75) is 33.2 Å². The predicted molar refractivity (Wildman–Crippen MR) is 109 cm³/mol. The Kier molecular flexibility index (Phi) is 8.30. The van der Waals surface area contributed by atoms with Gasteiger partial charge in [-0.25, -0.2) is 4.79 Å². The molecule has 160 valence electrons. The third kappa shape index (κ3) is 6.37. The molecule has 0 aliphatic carbocycles. The van der Waals surface area contributed by atoms with Crippen molar-refractivity contribution in [1.82, 2.24) is 15.1 Å². The van der Waals surface area contributed by atoms with E-state index in [4.69, 9.17) is 9.47 Å². The molecule has 0 saturated carbocycles. The van der Waals surface area contributed by atoms with Gasteiger partial charge in [-0.1, -0.05) is 26.0 Å². The zero-order valence-corrected chi connectivity index (χ0v) is 17.6. The standard InChI is InChI=1S/C21H31N3O5/c1-5-29-21(27)22-19(15(2)3)20(26)24-11-9-23(10-12-24)18(25)14-16-7-6-8-17(13-16)28-4/h6-8,13,15,19H,5,9-12,14H2,1-4H3,(H,22,27). The van der Waals surface area contributed by atoms with Crippen molar-refractivity contribution < 1.29 is 23.9 Å². The topological polar surface area (TPSA) is 88.2 Å². The first-order valence-corrected chi connectivity index (χ1v) is 9.98. The van der Waals surface area contributed by atoms with E-state index in [1.54, 1.807) is 23.8 Å². The Hall–Kier alpha value is -2.77. The summed E-state index contributed by atoms with van der Waals surface area (Å²) in [5.74, 6) is 0.530. The summed E-state index contributed by atoms with van der Waals surface area (Å²) < 4.78 is 10.1. The molecule has 1 atom stereocenters. The number of hydrogen-bond donors (Lipinski definition) is 1. The van der Waals surface area contributed by atoms with E-state index in [-0.39, 0.29) is 24.3 Å². The van der Waals surface area contributed by atoms with Crippen LogP contribution in [-0.4, -0.2) is 73.6 Å². The summed E-state index contributed by atoms with van der Waals surface area (Å²) in [6.07, 6.45) is -0.295. The summed E-state index contributed by atoms with van der Waals surface area (Å²) in [5, 5.41) is 2.65. The van der Waals surface area contributed by atoms with Crippen LogP contribution < -0.4 is 10.1 Å². The predicted octanol–water partition coefficient (Wildman–Crippen LogP) is 1.68. The molecule has 29 heavy (non-hydrogen) atoms. The molecular formula is C21H31N3O5. The summed E-state index contributed by atoms with van der Waals surface area (Å²) in [7, 11) is 1.60. The van der Waals surface area contributed by atoms with Gasteiger partial charge in [-0.15, -0.1) is 0 Å². The van der Waals surface area contributed by atoms with Gasteiger partial charge in [0.2, 0.25) is 11.8 Å². The number of carbonyl (C=O) groups is 3. The summed E-state index contributed by atoms with van der Waals surface area (Å²) in [6.45, 7) is 7.54. The molecule has 1 aliphatic heterocycles. The smallest absolute Gasteiger partial charge is 0.407 e. The lowest BCUT2D eigenvalue weighted by Gasteiger charge is -2.37. The van der Waals surface area contributed by atoms with Crippen molar-refractivity contribution in [3.05, 3.63) is 29.8 Å². The number of carbonyl (C=O) groups excluding carboxylic acids is 3. The second-order valence-corrected chi connectivity index (χ2v) is 7.32. The molecule has 0 spiro atoms. The molecule has 8 nitrogen and oxygen atoms in total. The lowest BCUT2D eigenvalue weighted by Crippen LogP contribution is -2.57. The van der Waals surface area contributed by atoms with Gasteiger partial charge in [-0.3, -0.25) is 9.59 Å². The van der Waals surface area contributed by atoms with Gasteiger partial charge in [-0.05, 0) is 30.5 Å².